The molecule has 2 heterocycles. The molecule has 2 amide bonds. The first-order valence-corrected chi connectivity index (χ1v) is 10.8. The van der Waals surface area contributed by atoms with Crippen LogP contribution in [-0.2, 0) is 16.1 Å². The van der Waals surface area contributed by atoms with E-state index < -0.39 is 5.76 Å². The molecule has 0 spiro atoms. The Hall–Kier alpha value is -2.57. The maximum Gasteiger partial charge on any atom is 0.420 e. The van der Waals surface area contributed by atoms with Crippen molar-refractivity contribution in [2.75, 3.05) is 18.4 Å². The summed E-state index contributed by atoms with van der Waals surface area (Å²) in [5.74, 6) is -0.155. The predicted molar refractivity (Wildman–Crippen MR) is 111 cm³/mol. The summed E-state index contributed by atoms with van der Waals surface area (Å²) in [6, 6.07) is 5.14. The Morgan fingerprint density at radius 1 is 1.03 bits per heavy atom. The van der Waals surface area contributed by atoms with Gasteiger partial charge in [-0.05, 0) is 56.2 Å². The van der Waals surface area contributed by atoms with E-state index >= 15 is 0 Å². The Bertz CT molecular complexity index is 933. The number of carbonyl (C=O) groups is 2. The molecule has 1 saturated carbocycles. The van der Waals surface area contributed by atoms with Crippen LogP contribution in [0.2, 0.25) is 0 Å². The number of anilines is 1. The Kier molecular flexibility index (Phi) is 6.02. The van der Waals surface area contributed by atoms with Gasteiger partial charge in [-0.15, -0.1) is 0 Å². The smallest absolute Gasteiger partial charge is 0.408 e. The molecule has 0 atom stereocenters. The number of oxazole rings is 1. The molecular formula is C22H29N3O4. The highest BCUT2D eigenvalue weighted by Crippen LogP contribution is 2.27. The third-order valence-corrected chi connectivity index (χ3v) is 6.15. The predicted octanol–water partition coefficient (Wildman–Crippen LogP) is 3.52. The van der Waals surface area contributed by atoms with Crippen LogP contribution in [0.25, 0.3) is 11.1 Å². The zero-order valence-electron chi connectivity index (χ0n) is 16.8. The number of aromatic nitrogens is 1. The number of nitrogens with one attached hydrogen (secondary N) is 1. The van der Waals surface area contributed by atoms with Gasteiger partial charge in [0.2, 0.25) is 11.8 Å². The van der Waals surface area contributed by atoms with E-state index in [9.17, 15) is 14.4 Å². The van der Waals surface area contributed by atoms with Crippen molar-refractivity contribution in [1.82, 2.24) is 9.47 Å². The van der Waals surface area contributed by atoms with Crippen LogP contribution in [-0.4, -0.2) is 34.4 Å². The van der Waals surface area contributed by atoms with Crippen LogP contribution in [0.4, 0.5) is 5.69 Å². The molecule has 1 aliphatic heterocycles. The highest BCUT2D eigenvalue weighted by molar-refractivity contribution is 5.93. The van der Waals surface area contributed by atoms with Gasteiger partial charge in [-0.25, -0.2) is 4.79 Å². The number of carbonyl (C=O) groups excluding carboxylic acids is 2. The van der Waals surface area contributed by atoms with Gasteiger partial charge in [-0.1, -0.05) is 19.3 Å². The molecule has 29 heavy (non-hydrogen) atoms. The van der Waals surface area contributed by atoms with E-state index in [1.165, 1.54) is 23.8 Å². The zero-order valence-corrected chi connectivity index (χ0v) is 16.8. The summed E-state index contributed by atoms with van der Waals surface area (Å²) in [7, 11) is 0. The molecule has 1 aromatic heterocycles. The fraction of sp³-hybridized carbons (Fsp3) is 0.591. The first-order chi connectivity index (χ1) is 14.1. The van der Waals surface area contributed by atoms with Gasteiger partial charge < -0.3 is 14.6 Å². The van der Waals surface area contributed by atoms with Crippen LogP contribution in [0.15, 0.2) is 27.4 Å². The summed E-state index contributed by atoms with van der Waals surface area (Å²) in [5.41, 5.74) is 1.58. The monoisotopic (exact) mass is 399 g/mol. The molecule has 4 rings (SSSR count). The molecule has 7 nitrogen and oxygen atoms in total. The third kappa shape index (κ3) is 4.71. The van der Waals surface area contributed by atoms with E-state index in [2.05, 4.69) is 5.32 Å². The number of piperidine rings is 1. The largest absolute Gasteiger partial charge is 0.420 e. The summed E-state index contributed by atoms with van der Waals surface area (Å²) in [4.78, 5) is 39.1. The molecule has 0 radical (unpaired) electrons. The average Bonchev–Trinajstić information content (AvgIpc) is 3.04. The Balaban J connectivity index is 1.47. The third-order valence-electron chi connectivity index (χ3n) is 6.15. The number of nitrogens with zero attached hydrogens (tertiary/aromatic N) is 2. The Morgan fingerprint density at radius 2 is 1.76 bits per heavy atom. The molecule has 0 unspecified atom stereocenters. The van der Waals surface area contributed by atoms with Crippen molar-refractivity contribution in [3.63, 3.8) is 0 Å². The van der Waals surface area contributed by atoms with Crippen molar-refractivity contribution in [3.8, 4) is 0 Å². The topological polar surface area (TPSA) is 84.5 Å². The molecule has 1 aliphatic carbocycles. The second kappa shape index (κ2) is 8.84. The molecule has 2 aromatic rings. The fourth-order valence-electron chi connectivity index (χ4n) is 4.53. The normalized spacial score (nSPS) is 18.1. The maximum absolute atomic E-state index is 12.6. The van der Waals surface area contributed by atoms with Crippen LogP contribution in [0.3, 0.4) is 0 Å². The van der Waals surface area contributed by atoms with Crippen molar-refractivity contribution >= 4 is 28.6 Å². The van der Waals surface area contributed by atoms with Crippen molar-refractivity contribution < 1.29 is 14.0 Å². The van der Waals surface area contributed by atoms with Gasteiger partial charge in [-0.3, -0.25) is 14.2 Å². The summed E-state index contributed by atoms with van der Waals surface area (Å²) < 4.78 is 6.66. The number of likely N-dealkylation sites (tertiary alicyclic amines) is 1. The molecule has 2 fully saturated rings. The molecule has 7 heteroatoms. The zero-order chi connectivity index (χ0) is 20.2. The van der Waals surface area contributed by atoms with E-state index in [0.717, 1.165) is 45.2 Å². The van der Waals surface area contributed by atoms with Crippen LogP contribution in [0.1, 0.15) is 57.8 Å². The summed E-state index contributed by atoms with van der Waals surface area (Å²) >= 11 is 0. The quantitative estimate of drug-likeness (QED) is 0.834. The number of hydrogen-bond donors (Lipinski definition) is 1. The molecule has 1 N–H and O–H groups in total. The summed E-state index contributed by atoms with van der Waals surface area (Å²) in [6.45, 7) is 1.45. The van der Waals surface area contributed by atoms with E-state index in [0.29, 0.717) is 29.1 Å². The standard InChI is InChI=1S/C22H29N3O4/c26-20(13-16-7-3-1-4-8-16)23-17-9-10-19-18(14-17)25(22(28)29-19)15-21(27)24-11-5-2-6-12-24/h9-10,14,16H,1-8,11-13,15H2,(H,23,26). The lowest BCUT2D eigenvalue weighted by atomic mass is 9.87. The van der Waals surface area contributed by atoms with E-state index in [-0.39, 0.29) is 18.4 Å². The van der Waals surface area contributed by atoms with Crippen LogP contribution < -0.4 is 11.1 Å². The highest BCUT2D eigenvalue weighted by atomic mass is 16.4. The lowest BCUT2D eigenvalue weighted by Gasteiger charge is -2.26. The SMILES string of the molecule is O=C(CC1CCCCC1)Nc1ccc2oc(=O)n(CC(=O)N3CCCCC3)c2c1. The van der Waals surface area contributed by atoms with Crippen molar-refractivity contribution in [3.05, 3.63) is 28.7 Å². The number of amides is 2. The van der Waals surface area contributed by atoms with Gasteiger partial charge in [-0.2, -0.15) is 0 Å². The molecular weight excluding hydrogens is 370 g/mol. The van der Waals surface area contributed by atoms with Crippen LogP contribution in [0.5, 0.6) is 0 Å². The molecule has 0 bridgehead atoms. The number of fused-ring (bicyclic) bond motifs is 1. The molecule has 156 valence electrons. The lowest BCUT2D eigenvalue weighted by Crippen LogP contribution is -2.39. The minimum absolute atomic E-state index is 0.00182. The fourth-order valence-corrected chi connectivity index (χ4v) is 4.53. The van der Waals surface area contributed by atoms with Gasteiger partial charge >= 0.3 is 5.76 Å². The Labute approximate surface area is 170 Å². The number of hydrogen-bond acceptors (Lipinski definition) is 4. The second-order valence-corrected chi connectivity index (χ2v) is 8.33. The van der Waals surface area contributed by atoms with Gasteiger partial charge in [0.15, 0.2) is 5.58 Å². The highest BCUT2D eigenvalue weighted by Gasteiger charge is 2.21. The first kappa shape index (κ1) is 19.7. The minimum Gasteiger partial charge on any atom is -0.408 e. The summed E-state index contributed by atoms with van der Waals surface area (Å²) in [5, 5.41) is 2.94. The van der Waals surface area contributed by atoms with Crippen molar-refractivity contribution in [1.29, 1.82) is 0 Å². The minimum atomic E-state index is -0.545. The van der Waals surface area contributed by atoms with E-state index in [1.807, 2.05) is 4.90 Å². The van der Waals surface area contributed by atoms with Gasteiger partial charge in [0.25, 0.3) is 0 Å². The number of benzene rings is 1. The second-order valence-electron chi connectivity index (χ2n) is 8.33. The van der Waals surface area contributed by atoms with Gasteiger partial charge in [0, 0.05) is 25.2 Å². The first-order valence-electron chi connectivity index (χ1n) is 10.8. The van der Waals surface area contributed by atoms with E-state index in [1.54, 1.807) is 18.2 Å². The average molecular weight is 399 g/mol. The molecule has 1 saturated heterocycles. The Morgan fingerprint density at radius 3 is 2.52 bits per heavy atom. The lowest BCUT2D eigenvalue weighted by molar-refractivity contribution is -0.132. The van der Waals surface area contributed by atoms with Gasteiger partial charge in [0.05, 0.1) is 5.52 Å². The molecule has 2 aliphatic rings. The number of rotatable bonds is 5. The van der Waals surface area contributed by atoms with E-state index in [4.69, 9.17) is 4.42 Å². The van der Waals surface area contributed by atoms with Crippen molar-refractivity contribution in [2.24, 2.45) is 5.92 Å². The van der Waals surface area contributed by atoms with Crippen LogP contribution >= 0.6 is 0 Å². The molecule has 1 aromatic carbocycles. The van der Waals surface area contributed by atoms with Gasteiger partial charge in [0.1, 0.15) is 6.54 Å². The van der Waals surface area contributed by atoms with Crippen LogP contribution in [0, 0.1) is 5.92 Å². The summed E-state index contributed by atoms with van der Waals surface area (Å²) in [6.07, 6.45) is 9.59. The van der Waals surface area contributed by atoms with Crippen molar-refractivity contribution in [2.45, 2.75) is 64.3 Å². The maximum atomic E-state index is 12.6.